The molecule has 1 fully saturated rings. The van der Waals surface area contributed by atoms with E-state index < -0.39 is 0 Å². The van der Waals surface area contributed by atoms with E-state index in [9.17, 15) is 9.59 Å². The molecule has 1 unspecified atom stereocenters. The van der Waals surface area contributed by atoms with Gasteiger partial charge in [0.2, 0.25) is 5.91 Å². The number of amides is 2. The van der Waals surface area contributed by atoms with Crippen molar-refractivity contribution < 1.29 is 19.1 Å². The Labute approximate surface area is 194 Å². The topological polar surface area (TPSA) is 67.9 Å². The summed E-state index contributed by atoms with van der Waals surface area (Å²) < 4.78 is 10.8. The minimum absolute atomic E-state index is 0.0342. The smallest absolute Gasteiger partial charge is 0.257 e. The lowest BCUT2D eigenvalue weighted by Gasteiger charge is -2.24. The molecule has 1 aliphatic rings. The van der Waals surface area contributed by atoms with Gasteiger partial charge in [0.15, 0.2) is 11.5 Å². The predicted octanol–water partition coefficient (Wildman–Crippen LogP) is 3.80. The van der Waals surface area contributed by atoms with Crippen LogP contribution >= 0.6 is 0 Å². The molecule has 0 radical (unpaired) electrons. The first-order valence-electron chi connectivity index (χ1n) is 11.0. The van der Waals surface area contributed by atoms with Crippen molar-refractivity contribution in [1.29, 1.82) is 0 Å². The molecule has 2 amide bonds. The van der Waals surface area contributed by atoms with Crippen LogP contribution in [0.25, 0.3) is 11.1 Å². The number of carbonyl (C=O) groups excluding carboxylic acids is 2. The van der Waals surface area contributed by atoms with Crippen LogP contribution in [0, 0.1) is 5.92 Å². The summed E-state index contributed by atoms with van der Waals surface area (Å²) in [6.07, 6.45) is 0.547. The maximum atomic E-state index is 13.4. The molecule has 0 bridgehead atoms. The molecule has 33 heavy (non-hydrogen) atoms. The Morgan fingerprint density at radius 2 is 1.73 bits per heavy atom. The zero-order chi connectivity index (χ0) is 23.2. The average Bonchev–Trinajstić information content (AvgIpc) is 3.05. The number of benzene rings is 3. The third kappa shape index (κ3) is 5.00. The SMILES string of the molecule is COc1cccc(C(=O)N2CCNC(=O)C(Cc3cccc(-c4ccccc4)c3)C2)c1OC. The second-order valence-electron chi connectivity index (χ2n) is 8.05. The molecule has 1 atom stereocenters. The Kier molecular flexibility index (Phi) is 6.93. The number of hydrogen-bond donors (Lipinski definition) is 1. The summed E-state index contributed by atoms with van der Waals surface area (Å²) in [6.45, 7) is 1.18. The lowest BCUT2D eigenvalue weighted by molar-refractivity contribution is -0.124. The molecular formula is C27H28N2O4. The number of methoxy groups -OCH3 is 2. The van der Waals surface area contributed by atoms with E-state index in [4.69, 9.17) is 9.47 Å². The summed E-state index contributed by atoms with van der Waals surface area (Å²) in [5.74, 6) is 0.347. The number of rotatable bonds is 6. The third-order valence-electron chi connectivity index (χ3n) is 5.93. The van der Waals surface area contributed by atoms with Gasteiger partial charge in [-0.05, 0) is 35.2 Å². The van der Waals surface area contributed by atoms with Crippen molar-refractivity contribution in [2.75, 3.05) is 33.9 Å². The minimum atomic E-state index is -0.348. The molecule has 6 heteroatoms. The molecule has 1 heterocycles. The first-order chi connectivity index (χ1) is 16.1. The minimum Gasteiger partial charge on any atom is -0.493 e. The van der Waals surface area contributed by atoms with Gasteiger partial charge < -0.3 is 19.7 Å². The highest BCUT2D eigenvalue weighted by Gasteiger charge is 2.30. The van der Waals surface area contributed by atoms with Gasteiger partial charge in [0.25, 0.3) is 5.91 Å². The van der Waals surface area contributed by atoms with Gasteiger partial charge in [-0.1, -0.05) is 60.7 Å². The quantitative estimate of drug-likeness (QED) is 0.628. The molecule has 0 spiro atoms. The van der Waals surface area contributed by atoms with Crippen LogP contribution in [0.1, 0.15) is 15.9 Å². The maximum absolute atomic E-state index is 13.4. The van der Waals surface area contributed by atoms with Crippen LogP contribution in [0.4, 0.5) is 0 Å². The summed E-state index contributed by atoms with van der Waals surface area (Å²) in [6, 6.07) is 23.6. The Hall–Kier alpha value is -3.80. The molecule has 0 saturated carbocycles. The molecule has 170 valence electrons. The standard InChI is InChI=1S/C27H28N2O4/c1-32-24-13-7-12-23(25(24)33-2)27(31)29-15-14-28-26(30)22(18-29)17-19-8-6-11-21(16-19)20-9-4-3-5-10-20/h3-13,16,22H,14-15,17-18H2,1-2H3,(H,28,30). The highest BCUT2D eigenvalue weighted by atomic mass is 16.5. The fourth-order valence-corrected chi connectivity index (χ4v) is 4.26. The highest BCUT2D eigenvalue weighted by molar-refractivity contribution is 5.98. The van der Waals surface area contributed by atoms with E-state index in [0.29, 0.717) is 43.1 Å². The van der Waals surface area contributed by atoms with Crippen LogP contribution < -0.4 is 14.8 Å². The van der Waals surface area contributed by atoms with Crippen LogP contribution in [0.15, 0.2) is 72.8 Å². The van der Waals surface area contributed by atoms with Crippen LogP contribution in [0.3, 0.4) is 0 Å². The van der Waals surface area contributed by atoms with Crippen molar-refractivity contribution in [3.05, 3.63) is 83.9 Å². The lowest BCUT2D eigenvalue weighted by Crippen LogP contribution is -2.37. The van der Waals surface area contributed by atoms with Gasteiger partial charge in [0, 0.05) is 19.6 Å². The van der Waals surface area contributed by atoms with Gasteiger partial charge >= 0.3 is 0 Å². The number of hydrogen-bond acceptors (Lipinski definition) is 4. The van der Waals surface area contributed by atoms with Gasteiger partial charge in [-0.3, -0.25) is 9.59 Å². The van der Waals surface area contributed by atoms with Crippen molar-refractivity contribution in [1.82, 2.24) is 10.2 Å². The zero-order valence-electron chi connectivity index (χ0n) is 18.9. The molecule has 0 aliphatic carbocycles. The molecule has 1 saturated heterocycles. The number of nitrogens with one attached hydrogen (secondary N) is 1. The Morgan fingerprint density at radius 1 is 0.970 bits per heavy atom. The molecule has 3 aromatic carbocycles. The summed E-state index contributed by atoms with van der Waals surface area (Å²) in [7, 11) is 3.06. The van der Waals surface area contributed by atoms with E-state index in [1.54, 1.807) is 30.2 Å². The van der Waals surface area contributed by atoms with E-state index in [1.807, 2.05) is 30.3 Å². The summed E-state index contributed by atoms with van der Waals surface area (Å²) in [4.78, 5) is 27.9. The van der Waals surface area contributed by atoms with Crippen molar-refractivity contribution >= 4 is 11.8 Å². The van der Waals surface area contributed by atoms with Crippen LogP contribution in [-0.2, 0) is 11.2 Å². The van der Waals surface area contributed by atoms with Gasteiger partial charge in [-0.25, -0.2) is 0 Å². The fraction of sp³-hybridized carbons (Fsp3) is 0.259. The van der Waals surface area contributed by atoms with Crippen LogP contribution in [0.5, 0.6) is 11.5 Å². The summed E-state index contributed by atoms with van der Waals surface area (Å²) >= 11 is 0. The molecule has 0 aromatic heterocycles. The summed E-state index contributed by atoms with van der Waals surface area (Å²) in [5.41, 5.74) is 3.73. The van der Waals surface area contributed by atoms with Crippen molar-refractivity contribution in [2.24, 2.45) is 5.92 Å². The van der Waals surface area contributed by atoms with Gasteiger partial charge in [0.05, 0.1) is 25.7 Å². The van der Waals surface area contributed by atoms with E-state index in [1.165, 1.54) is 7.11 Å². The average molecular weight is 445 g/mol. The number of ether oxygens (including phenoxy) is 2. The second kappa shape index (κ2) is 10.2. The Morgan fingerprint density at radius 3 is 2.48 bits per heavy atom. The number of carbonyl (C=O) groups is 2. The Bertz CT molecular complexity index is 1130. The lowest BCUT2D eigenvalue weighted by atomic mass is 9.95. The van der Waals surface area contributed by atoms with E-state index >= 15 is 0 Å². The third-order valence-corrected chi connectivity index (χ3v) is 5.93. The largest absolute Gasteiger partial charge is 0.493 e. The number of nitrogens with zero attached hydrogens (tertiary/aromatic N) is 1. The molecule has 4 rings (SSSR count). The van der Waals surface area contributed by atoms with Gasteiger partial charge in [0.1, 0.15) is 0 Å². The Balaban J connectivity index is 1.56. The molecule has 1 N–H and O–H groups in total. The fourth-order valence-electron chi connectivity index (χ4n) is 4.26. The van der Waals surface area contributed by atoms with E-state index in [0.717, 1.165) is 16.7 Å². The maximum Gasteiger partial charge on any atom is 0.257 e. The molecular weight excluding hydrogens is 416 g/mol. The van der Waals surface area contributed by atoms with Crippen LogP contribution in [-0.4, -0.2) is 50.6 Å². The van der Waals surface area contributed by atoms with Crippen molar-refractivity contribution in [3.8, 4) is 22.6 Å². The number of para-hydroxylation sites is 1. The molecule has 6 nitrogen and oxygen atoms in total. The molecule has 3 aromatic rings. The monoisotopic (exact) mass is 444 g/mol. The highest BCUT2D eigenvalue weighted by Crippen LogP contribution is 2.32. The zero-order valence-corrected chi connectivity index (χ0v) is 18.9. The second-order valence-corrected chi connectivity index (χ2v) is 8.05. The van der Waals surface area contributed by atoms with Crippen LogP contribution in [0.2, 0.25) is 0 Å². The van der Waals surface area contributed by atoms with Crippen molar-refractivity contribution in [3.63, 3.8) is 0 Å². The van der Waals surface area contributed by atoms with Crippen molar-refractivity contribution in [2.45, 2.75) is 6.42 Å². The van der Waals surface area contributed by atoms with E-state index in [-0.39, 0.29) is 17.7 Å². The first kappa shape index (κ1) is 22.4. The van der Waals surface area contributed by atoms with Gasteiger partial charge in [-0.2, -0.15) is 0 Å². The van der Waals surface area contributed by atoms with Gasteiger partial charge in [-0.15, -0.1) is 0 Å². The predicted molar refractivity (Wildman–Crippen MR) is 128 cm³/mol. The normalized spacial score (nSPS) is 16.0. The van der Waals surface area contributed by atoms with E-state index in [2.05, 4.69) is 29.6 Å². The summed E-state index contributed by atoms with van der Waals surface area (Å²) in [5, 5.41) is 2.96. The molecule has 1 aliphatic heterocycles. The first-order valence-corrected chi connectivity index (χ1v) is 11.0.